The lowest BCUT2D eigenvalue weighted by molar-refractivity contribution is -0.115. The zero-order valence-electron chi connectivity index (χ0n) is 11.3. The minimum atomic E-state index is -0.144. The molecule has 105 valence electrons. The van der Waals surface area contributed by atoms with Gasteiger partial charge in [-0.3, -0.25) is 9.89 Å². The van der Waals surface area contributed by atoms with Crippen LogP contribution in [0.15, 0.2) is 16.7 Å². The molecule has 2 heterocycles. The minimum absolute atomic E-state index is 0.144. The topological polar surface area (TPSA) is 83.8 Å². The predicted molar refractivity (Wildman–Crippen MR) is 73.1 cm³/mol. The van der Waals surface area contributed by atoms with E-state index in [4.69, 9.17) is 4.52 Å². The van der Waals surface area contributed by atoms with Crippen LogP contribution in [0.25, 0.3) is 0 Å². The van der Waals surface area contributed by atoms with Gasteiger partial charge in [-0.1, -0.05) is 5.16 Å². The Morgan fingerprint density at radius 2 is 2.45 bits per heavy atom. The summed E-state index contributed by atoms with van der Waals surface area (Å²) in [5, 5.41) is 13.7. The van der Waals surface area contributed by atoms with Crippen molar-refractivity contribution in [1.82, 2.24) is 15.4 Å². The summed E-state index contributed by atoms with van der Waals surface area (Å²) in [6, 6.07) is 3.67. The molecule has 0 spiro atoms. The number of H-pyrrole nitrogens is 1. The third-order valence-corrected chi connectivity index (χ3v) is 3.49. The number of nitrogens with zero attached hydrogens (tertiary/aromatic N) is 2. The molecule has 2 aromatic rings. The number of anilines is 1. The van der Waals surface area contributed by atoms with Crippen molar-refractivity contribution in [2.75, 3.05) is 5.32 Å². The maximum absolute atomic E-state index is 11.9. The maximum atomic E-state index is 11.9. The Morgan fingerprint density at radius 1 is 1.55 bits per heavy atom. The van der Waals surface area contributed by atoms with Gasteiger partial charge in [0, 0.05) is 23.7 Å². The van der Waals surface area contributed by atoms with Gasteiger partial charge in [0.2, 0.25) is 5.91 Å². The Labute approximate surface area is 116 Å². The number of hydrogen-bond acceptors (Lipinski definition) is 4. The monoisotopic (exact) mass is 273 g/mol. The van der Waals surface area contributed by atoms with E-state index in [-0.39, 0.29) is 12.3 Å². The molecule has 1 saturated carbocycles. The number of carbonyl (C=O) groups excluding carboxylic acids is 1. The van der Waals surface area contributed by atoms with Crippen molar-refractivity contribution in [3.8, 4) is 0 Å². The van der Waals surface area contributed by atoms with Gasteiger partial charge in [0.15, 0.2) is 5.82 Å². The Hall–Kier alpha value is -2.11. The molecule has 1 aliphatic carbocycles. The van der Waals surface area contributed by atoms with Crippen LogP contribution in [0.4, 0.5) is 5.82 Å². The summed E-state index contributed by atoms with van der Waals surface area (Å²) < 4.78 is 4.93. The Morgan fingerprint density at radius 3 is 3.15 bits per heavy atom. The zero-order chi connectivity index (χ0) is 13.9. The summed E-state index contributed by atoms with van der Waals surface area (Å²) in [7, 11) is 0. The summed E-state index contributed by atoms with van der Waals surface area (Å²) in [5.74, 6) is 1.63. The first kappa shape index (κ1) is 12.9. The number of nitrogens with one attached hydrogen (secondary N) is 2. The van der Waals surface area contributed by atoms with Crippen molar-refractivity contribution in [2.24, 2.45) is 0 Å². The van der Waals surface area contributed by atoms with E-state index in [0.29, 0.717) is 23.2 Å². The molecule has 1 fully saturated rings. The van der Waals surface area contributed by atoms with Crippen LogP contribution in [0.1, 0.15) is 42.3 Å². The second-order valence-corrected chi connectivity index (χ2v) is 5.16. The zero-order valence-corrected chi connectivity index (χ0v) is 11.3. The fourth-order valence-electron chi connectivity index (χ4n) is 2.50. The van der Waals surface area contributed by atoms with Crippen LogP contribution >= 0.6 is 0 Å². The smallest absolute Gasteiger partial charge is 0.231 e. The fraction of sp³-hybridized carbons (Fsp3) is 0.429. The first-order valence-electron chi connectivity index (χ1n) is 6.80. The van der Waals surface area contributed by atoms with Gasteiger partial charge in [-0.05, 0) is 32.6 Å². The predicted octanol–water partition coefficient (Wildman–Crippen LogP) is 2.36. The van der Waals surface area contributed by atoms with Crippen molar-refractivity contribution >= 4 is 11.7 Å². The standard InChI is InChI=1S/C14H17N4O2/c1-9-6-11(18-20-9)7-14(19)15-13-8-12(16-17-13)10-4-2-3-5-10/h2,6,8,10H,3-5,7H2,1H3,(H2,15,16,17,19)/t10-/m0/s1. The van der Waals surface area contributed by atoms with E-state index in [9.17, 15) is 4.79 Å². The van der Waals surface area contributed by atoms with Crippen molar-refractivity contribution in [1.29, 1.82) is 0 Å². The molecule has 1 amide bonds. The Bertz CT molecular complexity index is 596. The highest BCUT2D eigenvalue weighted by molar-refractivity contribution is 5.91. The molecule has 6 heteroatoms. The SMILES string of the molecule is Cc1cc(CC(=O)Nc2cc([C@H]3C[CH]CC3)[nH]n2)no1. The first-order valence-corrected chi connectivity index (χ1v) is 6.80. The molecule has 1 radical (unpaired) electrons. The highest BCUT2D eigenvalue weighted by atomic mass is 16.5. The largest absolute Gasteiger partial charge is 0.361 e. The molecule has 0 aromatic carbocycles. The normalized spacial score (nSPS) is 15.7. The Balaban J connectivity index is 1.58. The third kappa shape index (κ3) is 2.89. The second kappa shape index (κ2) is 5.48. The van der Waals surface area contributed by atoms with Crippen LogP contribution in [0, 0.1) is 13.3 Å². The fourth-order valence-corrected chi connectivity index (χ4v) is 2.50. The van der Waals surface area contributed by atoms with Gasteiger partial charge in [0.1, 0.15) is 5.76 Å². The molecule has 20 heavy (non-hydrogen) atoms. The van der Waals surface area contributed by atoms with Gasteiger partial charge in [-0.25, -0.2) is 0 Å². The summed E-state index contributed by atoms with van der Waals surface area (Å²) in [6.07, 6.45) is 5.85. The number of carbonyl (C=O) groups is 1. The summed E-state index contributed by atoms with van der Waals surface area (Å²) in [6.45, 7) is 1.80. The average molecular weight is 273 g/mol. The van der Waals surface area contributed by atoms with Gasteiger partial charge in [-0.2, -0.15) is 5.10 Å². The number of amides is 1. The minimum Gasteiger partial charge on any atom is -0.361 e. The number of rotatable bonds is 4. The molecule has 1 atom stereocenters. The van der Waals surface area contributed by atoms with Gasteiger partial charge in [0.05, 0.1) is 12.1 Å². The van der Waals surface area contributed by atoms with Crippen LogP contribution in [0.5, 0.6) is 0 Å². The van der Waals surface area contributed by atoms with E-state index in [1.807, 2.05) is 6.07 Å². The molecular weight excluding hydrogens is 256 g/mol. The number of aryl methyl sites for hydroxylation is 1. The van der Waals surface area contributed by atoms with Crippen LogP contribution in [-0.4, -0.2) is 21.3 Å². The molecule has 0 aliphatic heterocycles. The molecule has 1 aliphatic rings. The van der Waals surface area contributed by atoms with Crippen molar-refractivity contribution in [3.05, 3.63) is 35.7 Å². The second-order valence-electron chi connectivity index (χ2n) is 5.16. The first-order chi connectivity index (χ1) is 9.70. The quantitative estimate of drug-likeness (QED) is 0.895. The molecule has 0 bridgehead atoms. The van der Waals surface area contributed by atoms with E-state index in [2.05, 4.69) is 27.1 Å². The number of aromatic nitrogens is 3. The lowest BCUT2D eigenvalue weighted by Crippen LogP contribution is -2.14. The lowest BCUT2D eigenvalue weighted by Gasteiger charge is -2.03. The average Bonchev–Trinajstić information content (AvgIpc) is 3.10. The molecule has 0 saturated heterocycles. The number of aromatic amines is 1. The van der Waals surface area contributed by atoms with E-state index >= 15 is 0 Å². The van der Waals surface area contributed by atoms with Crippen molar-refractivity contribution < 1.29 is 9.32 Å². The molecule has 3 rings (SSSR count). The van der Waals surface area contributed by atoms with Crippen molar-refractivity contribution in [2.45, 2.75) is 38.5 Å². The highest BCUT2D eigenvalue weighted by Crippen LogP contribution is 2.32. The van der Waals surface area contributed by atoms with E-state index in [0.717, 1.165) is 25.0 Å². The van der Waals surface area contributed by atoms with Gasteiger partial charge in [0.25, 0.3) is 0 Å². The summed E-state index contributed by atoms with van der Waals surface area (Å²) >= 11 is 0. The van der Waals surface area contributed by atoms with Gasteiger partial charge >= 0.3 is 0 Å². The van der Waals surface area contributed by atoms with E-state index < -0.39 is 0 Å². The maximum Gasteiger partial charge on any atom is 0.231 e. The van der Waals surface area contributed by atoms with Gasteiger partial charge < -0.3 is 9.84 Å². The summed E-state index contributed by atoms with van der Waals surface area (Å²) in [4.78, 5) is 11.9. The molecular formula is C14H17N4O2. The Kier molecular flexibility index (Phi) is 3.54. The summed E-state index contributed by atoms with van der Waals surface area (Å²) in [5.41, 5.74) is 1.72. The molecule has 0 unspecified atom stereocenters. The van der Waals surface area contributed by atoms with Crippen LogP contribution in [0.2, 0.25) is 0 Å². The highest BCUT2D eigenvalue weighted by Gasteiger charge is 2.19. The van der Waals surface area contributed by atoms with Crippen LogP contribution in [-0.2, 0) is 11.2 Å². The van der Waals surface area contributed by atoms with E-state index in [1.54, 1.807) is 13.0 Å². The van der Waals surface area contributed by atoms with E-state index in [1.165, 1.54) is 0 Å². The van der Waals surface area contributed by atoms with Gasteiger partial charge in [-0.15, -0.1) is 0 Å². The third-order valence-electron chi connectivity index (χ3n) is 3.49. The van der Waals surface area contributed by atoms with Crippen LogP contribution in [0.3, 0.4) is 0 Å². The van der Waals surface area contributed by atoms with Crippen molar-refractivity contribution in [3.63, 3.8) is 0 Å². The molecule has 2 N–H and O–H groups in total. The van der Waals surface area contributed by atoms with Crippen LogP contribution < -0.4 is 5.32 Å². The lowest BCUT2D eigenvalue weighted by atomic mass is 10.0. The molecule has 6 nitrogen and oxygen atoms in total. The molecule has 2 aromatic heterocycles. The number of hydrogen-bond donors (Lipinski definition) is 2.